The number of benzene rings is 1. The Balaban J connectivity index is 1.75. The molecule has 1 atom stereocenters. The number of carbonyl (C=O) groups is 3. The fraction of sp³-hybridized carbons (Fsp3) is 0.484. The molecule has 5 N–H and O–H groups in total. The van der Waals surface area contributed by atoms with Gasteiger partial charge in [0, 0.05) is 57.5 Å². The number of hydrogen-bond acceptors (Lipinski definition) is 7. The lowest BCUT2D eigenvalue weighted by Gasteiger charge is -2.30. The Labute approximate surface area is 255 Å². The Kier molecular flexibility index (Phi) is 13.8. The second kappa shape index (κ2) is 17.5. The molecule has 3 rings (SSSR count). The fourth-order valence-corrected chi connectivity index (χ4v) is 6.38. The molecule has 0 bridgehead atoms. The van der Waals surface area contributed by atoms with Gasteiger partial charge in [0.15, 0.2) is 0 Å². The minimum Gasteiger partial charge on any atom is -0.481 e. The zero-order valence-electron chi connectivity index (χ0n) is 25.0. The largest absolute Gasteiger partial charge is 0.481 e. The van der Waals surface area contributed by atoms with Crippen LogP contribution in [0.25, 0.3) is 16.7 Å². The molecule has 1 aliphatic heterocycles. The van der Waals surface area contributed by atoms with Crippen molar-refractivity contribution in [2.75, 3.05) is 32.1 Å². The van der Waals surface area contributed by atoms with E-state index in [0.717, 1.165) is 44.9 Å². The van der Waals surface area contributed by atoms with Gasteiger partial charge in [0.25, 0.3) is 0 Å². The fourth-order valence-electron chi connectivity index (χ4n) is 4.96. The Bertz CT molecular complexity index is 1310. The van der Waals surface area contributed by atoms with Gasteiger partial charge in [-0.15, -0.1) is 0 Å². The van der Waals surface area contributed by atoms with Crippen molar-refractivity contribution in [2.24, 2.45) is 5.73 Å². The van der Waals surface area contributed by atoms with Crippen LogP contribution in [0.3, 0.4) is 0 Å². The van der Waals surface area contributed by atoms with Gasteiger partial charge in [0.05, 0.1) is 23.1 Å². The van der Waals surface area contributed by atoms with E-state index in [1.54, 1.807) is 37.6 Å². The smallest absolute Gasteiger partial charge is 0.307 e. The number of aromatic nitrogens is 1. The van der Waals surface area contributed by atoms with Gasteiger partial charge in [-0.1, -0.05) is 25.3 Å². The average Bonchev–Trinajstić information content (AvgIpc) is 3.00. The number of hydrogen-bond donors (Lipinski definition) is 4. The van der Waals surface area contributed by atoms with E-state index < -0.39 is 17.0 Å². The van der Waals surface area contributed by atoms with Crippen LogP contribution in [-0.4, -0.2) is 69.2 Å². The van der Waals surface area contributed by atoms with Crippen LogP contribution in [0.15, 0.2) is 47.6 Å². The first-order valence-corrected chi connectivity index (χ1v) is 15.8. The van der Waals surface area contributed by atoms with Gasteiger partial charge < -0.3 is 26.2 Å². The van der Waals surface area contributed by atoms with Crippen molar-refractivity contribution in [3.05, 3.63) is 48.4 Å². The first-order chi connectivity index (χ1) is 20.7. The number of ether oxygens (including phenoxy) is 1. The summed E-state index contributed by atoms with van der Waals surface area (Å²) in [4.78, 5) is 39.8. The van der Waals surface area contributed by atoms with E-state index in [2.05, 4.69) is 15.6 Å². The maximum Gasteiger partial charge on any atom is 0.307 e. The van der Waals surface area contributed by atoms with Gasteiger partial charge in [0.1, 0.15) is 11.0 Å². The topological polar surface area (TPSA) is 164 Å². The van der Waals surface area contributed by atoms with Crippen LogP contribution in [0.4, 0.5) is 5.69 Å². The highest BCUT2D eigenvalue weighted by Gasteiger charge is 2.26. The molecule has 1 saturated heterocycles. The molecule has 43 heavy (non-hydrogen) atoms. The van der Waals surface area contributed by atoms with E-state index in [1.807, 2.05) is 10.4 Å². The minimum atomic E-state index is -1.52. The summed E-state index contributed by atoms with van der Waals surface area (Å²) >= 11 is 0. The predicted molar refractivity (Wildman–Crippen MR) is 167 cm³/mol. The zero-order chi connectivity index (χ0) is 31.2. The summed E-state index contributed by atoms with van der Waals surface area (Å²) in [7, 11) is 0.166. The molecular formula is C31H43N5O6S. The van der Waals surface area contributed by atoms with Gasteiger partial charge in [0.2, 0.25) is 11.8 Å². The van der Waals surface area contributed by atoms with Crippen molar-refractivity contribution >= 4 is 40.0 Å². The molecule has 234 valence electrons. The van der Waals surface area contributed by atoms with Crippen LogP contribution in [0.1, 0.15) is 70.4 Å². The highest BCUT2D eigenvalue weighted by Crippen LogP contribution is 2.33. The Hall–Kier alpha value is -3.61. The average molecular weight is 614 g/mol. The molecule has 1 aromatic heterocycles. The van der Waals surface area contributed by atoms with Crippen molar-refractivity contribution in [1.29, 1.82) is 0 Å². The van der Waals surface area contributed by atoms with Crippen molar-refractivity contribution in [3.8, 4) is 11.1 Å². The SMILES string of the molecule is COC1CCN(S(=O)c2cc(NC(=O)CCCCCCCNC(C)=O)ccc2-c2ccnc(/C(=C\N)CC(=O)O)c2)CC1. The van der Waals surface area contributed by atoms with Crippen LogP contribution < -0.4 is 16.4 Å². The summed E-state index contributed by atoms with van der Waals surface area (Å²) in [6.07, 6.45) is 9.16. The van der Waals surface area contributed by atoms with Crippen LogP contribution in [0.5, 0.6) is 0 Å². The first kappa shape index (κ1) is 33.9. The second-order valence-electron chi connectivity index (χ2n) is 10.6. The molecule has 0 aliphatic carbocycles. The van der Waals surface area contributed by atoms with Crippen molar-refractivity contribution in [2.45, 2.75) is 75.7 Å². The number of anilines is 1. The highest BCUT2D eigenvalue weighted by molar-refractivity contribution is 7.82. The number of nitrogens with zero attached hydrogens (tertiary/aromatic N) is 2. The predicted octanol–water partition coefficient (Wildman–Crippen LogP) is 4.07. The van der Waals surface area contributed by atoms with Gasteiger partial charge in [-0.3, -0.25) is 19.4 Å². The lowest BCUT2D eigenvalue weighted by Crippen LogP contribution is -2.37. The summed E-state index contributed by atoms with van der Waals surface area (Å²) in [6, 6.07) is 8.88. The Morgan fingerprint density at radius 2 is 1.84 bits per heavy atom. The van der Waals surface area contributed by atoms with Crippen molar-refractivity contribution < 1.29 is 28.4 Å². The number of nitrogens with two attached hydrogens (primary N) is 1. The summed E-state index contributed by atoms with van der Waals surface area (Å²) in [6.45, 7) is 3.39. The van der Waals surface area contributed by atoms with E-state index >= 15 is 0 Å². The summed E-state index contributed by atoms with van der Waals surface area (Å²) in [5.74, 6) is -1.15. The maximum absolute atomic E-state index is 13.9. The number of unbranched alkanes of at least 4 members (excludes halogenated alkanes) is 4. The number of carboxylic acid groups (broad SMARTS) is 1. The standard InChI is InChI=1S/C31H43N5O6S/c1-22(37)33-14-7-5-3-4-6-8-30(38)35-25-9-10-27(23-11-15-34-28(18-23)24(21-32)19-31(39)40)29(20-25)43(41)36-16-12-26(42-2)13-17-36/h9-11,15,18,20-21,26H,3-8,12-14,16-17,19,32H2,1-2H3,(H,33,37)(H,35,38)(H,39,40)/b24-21-. The molecule has 2 aromatic rings. The van der Waals surface area contributed by atoms with E-state index in [4.69, 9.17) is 10.5 Å². The second-order valence-corrected chi connectivity index (χ2v) is 12.0. The monoisotopic (exact) mass is 613 g/mol. The molecule has 1 fully saturated rings. The number of pyridine rings is 1. The molecular weight excluding hydrogens is 570 g/mol. The molecule has 1 unspecified atom stereocenters. The normalized spacial score (nSPS) is 15.2. The number of carboxylic acids is 1. The van der Waals surface area contributed by atoms with E-state index in [9.17, 15) is 23.7 Å². The molecule has 1 aromatic carbocycles. The van der Waals surface area contributed by atoms with Gasteiger partial charge in [-0.05, 0) is 67.3 Å². The number of piperidine rings is 1. The number of rotatable bonds is 16. The van der Waals surface area contributed by atoms with Crippen molar-refractivity contribution in [3.63, 3.8) is 0 Å². The minimum absolute atomic E-state index is 0.0218. The summed E-state index contributed by atoms with van der Waals surface area (Å²) in [5, 5.41) is 15.0. The van der Waals surface area contributed by atoms with Crippen LogP contribution in [0.2, 0.25) is 0 Å². The van der Waals surface area contributed by atoms with Gasteiger partial charge >= 0.3 is 5.97 Å². The molecule has 2 heterocycles. The molecule has 11 nitrogen and oxygen atoms in total. The lowest BCUT2D eigenvalue weighted by atomic mass is 10.0. The van der Waals surface area contributed by atoms with E-state index in [0.29, 0.717) is 59.0 Å². The molecule has 0 spiro atoms. The van der Waals surface area contributed by atoms with Crippen molar-refractivity contribution in [1.82, 2.24) is 14.6 Å². The Morgan fingerprint density at radius 1 is 1.12 bits per heavy atom. The number of aliphatic carboxylic acids is 1. The summed E-state index contributed by atoms with van der Waals surface area (Å²) in [5.41, 5.74) is 8.46. The van der Waals surface area contributed by atoms with E-state index in [-0.39, 0.29) is 24.3 Å². The molecule has 0 saturated carbocycles. The van der Waals surface area contributed by atoms with Gasteiger partial charge in [-0.25, -0.2) is 8.51 Å². The quantitative estimate of drug-likeness (QED) is 0.206. The molecule has 12 heteroatoms. The van der Waals surface area contributed by atoms with E-state index in [1.165, 1.54) is 13.1 Å². The number of carbonyl (C=O) groups excluding carboxylic acids is 2. The lowest BCUT2D eigenvalue weighted by molar-refractivity contribution is -0.135. The maximum atomic E-state index is 13.9. The van der Waals surface area contributed by atoms with Crippen LogP contribution in [0, 0.1) is 0 Å². The third-order valence-electron chi connectivity index (χ3n) is 7.32. The molecule has 2 amide bonds. The Morgan fingerprint density at radius 3 is 2.51 bits per heavy atom. The number of amides is 2. The van der Waals surface area contributed by atoms with Gasteiger partial charge in [-0.2, -0.15) is 0 Å². The number of methoxy groups -OCH3 is 1. The number of nitrogens with one attached hydrogen (secondary N) is 2. The highest BCUT2D eigenvalue weighted by atomic mass is 32.2. The van der Waals surface area contributed by atoms with Crippen LogP contribution in [-0.2, 0) is 30.1 Å². The third-order valence-corrected chi connectivity index (χ3v) is 8.87. The zero-order valence-corrected chi connectivity index (χ0v) is 25.8. The summed E-state index contributed by atoms with van der Waals surface area (Å²) < 4.78 is 21.3. The third kappa shape index (κ3) is 10.9. The first-order valence-electron chi connectivity index (χ1n) is 14.7. The molecule has 1 aliphatic rings. The molecule has 0 radical (unpaired) electrons. The van der Waals surface area contributed by atoms with Crippen LogP contribution >= 0.6 is 0 Å².